The molecule has 0 amide bonds. The lowest BCUT2D eigenvalue weighted by Crippen LogP contribution is -2.06. The van der Waals surface area contributed by atoms with Crippen LogP contribution in [0.4, 0.5) is 17.6 Å². The van der Waals surface area contributed by atoms with Crippen LogP contribution in [0.2, 0.25) is 0 Å². The Kier molecular flexibility index (Phi) is 6.58. The monoisotopic (exact) mass is 349 g/mol. The van der Waals surface area contributed by atoms with E-state index in [4.69, 9.17) is 5.26 Å². The van der Waals surface area contributed by atoms with Gasteiger partial charge in [-0.25, -0.2) is 17.6 Å². The van der Waals surface area contributed by atoms with Gasteiger partial charge >= 0.3 is 0 Å². The molecule has 0 aromatic heterocycles. The molecule has 0 fully saturated rings. The van der Waals surface area contributed by atoms with Crippen molar-refractivity contribution in [3.05, 3.63) is 58.7 Å². The van der Waals surface area contributed by atoms with E-state index < -0.39 is 34.4 Å². The molecule has 0 aliphatic carbocycles. The molecule has 0 heterocycles. The van der Waals surface area contributed by atoms with Crippen molar-refractivity contribution in [1.82, 2.24) is 0 Å². The summed E-state index contributed by atoms with van der Waals surface area (Å²) in [5, 5.41) is 8.75. The van der Waals surface area contributed by atoms with Gasteiger partial charge in [0, 0.05) is 5.56 Å². The summed E-state index contributed by atoms with van der Waals surface area (Å²) < 4.78 is 57.3. The number of halogens is 4. The van der Waals surface area contributed by atoms with Crippen LogP contribution in [0.15, 0.2) is 24.3 Å². The van der Waals surface area contributed by atoms with Gasteiger partial charge in [0.05, 0.1) is 17.2 Å². The number of nitrogens with zero attached hydrogens (tertiary/aromatic N) is 1. The molecule has 2 rings (SSSR count). The molecule has 0 bridgehead atoms. The van der Waals surface area contributed by atoms with Crippen molar-refractivity contribution in [3.8, 4) is 17.2 Å². The van der Waals surface area contributed by atoms with Crippen molar-refractivity contribution in [3.63, 3.8) is 0 Å². The third kappa shape index (κ3) is 4.19. The van der Waals surface area contributed by atoms with E-state index in [9.17, 15) is 17.6 Å². The summed E-state index contributed by atoms with van der Waals surface area (Å²) in [6.07, 6.45) is 4.17. The van der Waals surface area contributed by atoms with E-state index in [1.807, 2.05) is 13.0 Å². The molecule has 0 spiro atoms. The first kappa shape index (κ1) is 19.0. The molecular formula is C20H19F4N. The van der Waals surface area contributed by atoms with Crippen LogP contribution < -0.4 is 0 Å². The second-order valence-corrected chi connectivity index (χ2v) is 5.96. The molecule has 0 radical (unpaired) electrons. The molecule has 0 atom stereocenters. The third-order valence-corrected chi connectivity index (χ3v) is 4.19. The maximum absolute atomic E-state index is 14.4. The quantitative estimate of drug-likeness (QED) is 0.327. The first-order valence-corrected chi connectivity index (χ1v) is 8.36. The van der Waals surface area contributed by atoms with Crippen LogP contribution in [0.1, 0.15) is 50.2 Å². The van der Waals surface area contributed by atoms with Gasteiger partial charge in [-0.3, -0.25) is 0 Å². The Labute approximate surface area is 144 Å². The van der Waals surface area contributed by atoms with E-state index in [-0.39, 0.29) is 17.5 Å². The van der Waals surface area contributed by atoms with Gasteiger partial charge in [0.25, 0.3) is 0 Å². The summed E-state index contributed by atoms with van der Waals surface area (Å²) in [7, 11) is 0. The van der Waals surface area contributed by atoms with E-state index in [0.29, 0.717) is 6.42 Å². The fourth-order valence-electron chi connectivity index (χ4n) is 2.77. The van der Waals surface area contributed by atoms with Crippen molar-refractivity contribution in [2.24, 2.45) is 0 Å². The Morgan fingerprint density at radius 2 is 1.36 bits per heavy atom. The fourth-order valence-corrected chi connectivity index (χ4v) is 2.77. The SMILES string of the molecule is CCCCCCCc1c(F)c(F)c(-c2ccc(C#N)cc2)c(F)c1F. The maximum Gasteiger partial charge on any atom is 0.170 e. The van der Waals surface area contributed by atoms with Crippen LogP contribution in [-0.4, -0.2) is 0 Å². The zero-order valence-corrected chi connectivity index (χ0v) is 14.0. The summed E-state index contributed by atoms with van der Waals surface area (Å²) in [6, 6.07) is 7.08. The number of hydrogen-bond acceptors (Lipinski definition) is 1. The predicted octanol–water partition coefficient (Wildman–Crippen LogP) is 6.29. The van der Waals surface area contributed by atoms with Crippen molar-refractivity contribution in [2.45, 2.75) is 45.4 Å². The van der Waals surface area contributed by atoms with E-state index in [2.05, 4.69) is 0 Å². The Bertz CT molecular complexity index is 747. The lowest BCUT2D eigenvalue weighted by Gasteiger charge is -2.12. The Morgan fingerprint density at radius 1 is 0.800 bits per heavy atom. The van der Waals surface area contributed by atoms with Crippen LogP contribution in [0.5, 0.6) is 0 Å². The average molecular weight is 349 g/mol. The first-order chi connectivity index (χ1) is 12.0. The molecule has 0 aliphatic heterocycles. The molecule has 25 heavy (non-hydrogen) atoms. The zero-order valence-electron chi connectivity index (χ0n) is 14.0. The van der Waals surface area contributed by atoms with E-state index in [1.165, 1.54) is 24.3 Å². The van der Waals surface area contributed by atoms with Gasteiger partial charge in [0.2, 0.25) is 0 Å². The minimum Gasteiger partial charge on any atom is -0.203 e. The summed E-state index contributed by atoms with van der Waals surface area (Å²) in [5.74, 6) is -5.47. The van der Waals surface area contributed by atoms with Crippen LogP contribution in [0.25, 0.3) is 11.1 Å². The normalized spacial score (nSPS) is 10.7. The van der Waals surface area contributed by atoms with Crippen molar-refractivity contribution in [2.75, 3.05) is 0 Å². The molecule has 0 saturated heterocycles. The topological polar surface area (TPSA) is 23.8 Å². The summed E-state index contributed by atoms with van der Waals surface area (Å²) in [4.78, 5) is 0. The number of unbranched alkanes of at least 4 members (excludes halogenated alkanes) is 4. The largest absolute Gasteiger partial charge is 0.203 e. The highest BCUT2D eigenvalue weighted by Gasteiger charge is 2.25. The highest BCUT2D eigenvalue weighted by atomic mass is 19.2. The molecule has 5 heteroatoms. The molecule has 2 aromatic rings. The van der Waals surface area contributed by atoms with Gasteiger partial charge in [-0.1, -0.05) is 44.7 Å². The summed E-state index contributed by atoms with van der Waals surface area (Å²) in [5.41, 5.74) is -1.01. The summed E-state index contributed by atoms with van der Waals surface area (Å²) >= 11 is 0. The van der Waals surface area contributed by atoms with Crippen LogP contribution in [0.3, 0.4) is 0 Å². The third-order valence-electron chi connectivity index (χ3n) is 4.19. The molecule has 0 saturated carbocycles. The van der Waals surface area contributed by atoms with Gasteiger partial charge in [-0.15, -0.1) is 0 Å². The van der Waals surface area contributed by atoms with Crippen molar-refractivity contribution >= 4 is 0 Å². The number of hydrogen-bond donors (Lipinski definition) is 0. The maximum atomic E-state index is 14.4. The van der Waals surface area contributed by atoms with E-state index in [1.54, 1.807) is 0 Å². The highest BCUT2D eigenvalue weighted by Crippen LogP contribution is 2.33. The molecule has 1 nitrogen and oxygen atoms in total. The second kappa shape index (κ2) is 8.66. The predicted molar refractivity (Wildman–Crippen MR) is 88.9 cm³/mol. The fraction of sp³-hybridized carbons (Fsp3) is 0.350. The highest BCUT2D eigenvalue weighted by molar-refractivity contribution is 5.66. The lowest BCUT2D eigenvalue weighted by molar-refractivity contribution is 0.439. The Balaban J connectivity index is 2.33. The molecule has 0 N–H and O–H groups in total. The van der Waals surface area contributed by atoms with Crippen LogP contribution in [0, 0.1) is 34.6 Å². The standard InChI is InChI=1S/C20H19F4N/c1-2-3-4-5-6-7-15-17(21)19(23)16(20(24)18(15)22)14-10-8-13(12-25)9-11-14/h8-11H,2-7H2,1H3. The average Bonchev–Trinajstić information content (AvgIpc) is 2.63. The van der Waals surface area contributed by atoms with E-state index in [0.717, 1.165) is 25.7 Å². The Morgan fingerprint density at radius 3 is 1.88 bits per heavy atom. The first-order valence-electron chi connectivity index (χ1n) is 8.36. The lowest BCUT2D eigenvalue weighted by atomic mass is 9.97. The molecular weight excluding hydrogens is 330 g/mol. The Hall–Kier alpha value is -2.35. The van der Waals surface area contributed by atoms with Crippen LogP contribution >= 0.6 is 0 Å². The van der Waals surface area contributed by atoms with Gasteiger partial charge in [-0.05, 0) is 30.5 Å². The van der Waals surface area contributed by atoms with Crippen molar-refractivity contribution < 1.29 is 17.6 Å². The molecule has 0 aliphatic rings. The minimum absolute atomic E-state index is 0.0127. The molecule has 0 unspecified atom stereocenters. The smallest absolute Gasteiger partial charge is 0.170 e. The molecule has 132 valence electrons. The van der Waals surface area contributed by atoms with E-state index >= 15 is 0 Å². The zero-order chi connectivity index (χ0) is 18.4. The minimum atomic E-state index is -1.40. The number of rotatable bonds is 7. The van der Waals surface area contributed by atoms with Crippen LogP contribution in [-0.2, 0) is 6.42 Å². The number of nitriles is 1. The summed E-state index contributed by atoms with van der Waals surface area (Å²) in [6.45, 7) is 2.05. The van der Waals surface area contributed by atoms with Gasteiger partial charge < -0.3 is 0 Å². The molecule has 2 aromatic carbocycles. The number of benzene rings is 2. The van der Waals surface area contributed by atoms with Gasteiger partial charge in [0.1, 0.15) is 0 Å². The van der Waals surface area contributed by atoms with Gasteiger partial charge in [-0.2, -0.15) is 5.26 Å². The second-order valence-electron chi connectivity index (χ2n) is 5.96. The van der Waals surface area contributed by atoms with Crippen molar-refractivity contribution in [1.29, 1.82) is 5.26 Å². The van der Waals surface area contributed by atoms with Gasteiger partial charge in [0.15, 0.2) is 23.3 Å².